The van der Waals surface area contributed by atoms with Crippen molar-refractivity contribution in [2.45, 2.75) is 32.7 Å². The number of amides is 1. The van der Waals surface area contributed by atoms with Crippen LogP contribution in [0.2, 0.25) is 0 Å². The molecule has 0 spiro atoms. The molecule has 0 bridgehead atoms. The molecule has 1 fully saturated rings. The van der Waals surface area contributed by atoms with Crippen LogP contribution in [0.3, 0.4) is 0 Å². The fourth-order valence-electron chi connectivity index (χ4n) is 2.23. The van der Waals surface area contributed by atoms with Gasteiger partial charge in [0, 0.05) is 12.5 Å². The van der Waals surface area contributed by atoms with Crippen LogP contribution in [-0.4, -0.2) is 26.1 Å². The van der Waals surface area contributed by atoms with Crippen LogP contribution in [-0.2, 0) is 4.79 Å². The van der Waals surface area contributed by atoms with Crippen LogP contribution in [0, 0.1) is 17.7 Å². The molecule has 1 aromatic carbocycles. The monoisotopic (exact) mass is 308 g/mol. The van der Waals surface area contributed by atoms with Gasteiger partial charge in [-0.25, -0.2) is 4.39 Å². The van der Waals surface area contributed by atoms with Crippen LogP contribution < -0.4 is 15.4 Å². The van der Waals surface area contributed by atoms with Gasteiger partial charge in [-0.05, 0) is 50.4 Å². The van der Waals surface area contributed by atoms with Gasteiger partial charge < -0.3 is 15.4 Å². The van der Waals surface area contributed by atoms with Gasteiger partial charge in [0.15, 0.2) is 11.6 Å². The molecule has 0 aliphatic heterocycles. The van der Waals surface area contributed by atoms with Crippen molar-refractivity contribution >= 4 is 5.91 Å². The van der Waals surface area contributed by atoms with Crippen molar-refractivity contribution in [3.05, 3.63) is 29.6 Å². The van der Waals surface area contributed by atoms with Crippen LogP contribution in [0.1, 0.15) is 38.3 Å². The Bertz CT molecular complexity index is 517. The summed E-state index contributed by atoms with van der Waals surface area (Å²) in [5, 5.41) is 5.87. The molecule has 0 aromatic heterocycles. The molecule has 122 valence electrons. The lowest BCUT2D eigenvalue weighted by molar-refractivity contribution is -0.125. The molecule has 0 radical (unpaired) electrons. The minimum atomic E-state index is -0.373. The molecule has 2 rings (SSSR count). The van der Waals surface area contributed by atoms with Crippen molar-refractivity contribution in [3.8, 4) is 5.75 Å². The zero-order valence-electron chi connectivity index (χ0n) is 13.5. The predicted octanol–water partition coefficient (Wildman–Crippen LogP) is 2.65. The molecule has 5 heteroatoms. The van der Waals surface area contributed by atoms with Crippen LogP contribution in [0.15, 0.2) is 18.2 Å². The average molecular weight is 308 g/mol. The molecule has 1 saturated carbocycles. The highest BCUT2D eigenvalue weighted by Crippen LogP contribution is 2.30. The van der Waals surface area contributed by atoms with Gasteiger partial charge in [0.2, 0.25) is 5.91 Å². The summed E-state index contributed by atoms with van der Waals surface area (Å²) in [5.41, 5.74) is 0.737. The summed E-state index contributed by atoms with van der Waals surface area (Å²) < 4.78 is 19.5. The smallest absolute Gasteiger partial charge is 0.224 e. The van der Waals surface area contributed by atoms with E-state index in [1.54, 1.807) is 12.1 Å². The van der Waals surface area contributed by atoms with E-state index in [4.69, 9.17) is 4.74 Å². The van der Waals surface area contributed by atoms with E-state index in [9.17, 15) is 9.18 Å². The van der Waals surface area contributed by atoms with Gasteiger partial charge in [0.1, 0.15) is 0 Å². The third kappa shape index (κ3) is 4.70. The zero-order valence-corrected chi connectivity index (χ0v) is 13.5. The molecule has 1 aliphatic carbocycles. The van der Waals surface area contributed by atoms with Gasteiger partial charge in [-0.2, -0.15) is 0 Å². The molecule has 0 heterocycles. The maximum atomic E-state index is 14.1. The van der Waals surface area contributed by atoms with Crippen LogP contribution in [0.25, 0.3) is 0 Å². The molecule has 1 aliphatic rings. The maximum Gasteiger partial charge on any atom is 0.224 e. The lowest BCUT2D eigenvalue weighted by Gasteiger charge is -2.18. The first-order valence-corrected chi connectivity index (χ1v) is 7.88. The minimum Gasteiger partial charge on any atom is -0.490 e. The van der Waals surface area contributed by atoms with Crippen molar-refractivity contribution in [2.24, 2.45) is 11.8 Å². The van der Waals surface area contributed by atoms with E-state index in [0.29, 0.717) is 19.1 Å². The van der Waals surface area contributed by atoms with Crippen LogP contribution in [0.4, 0.5) is 4.39 Å². The summed E-state index contributed by atoms with van der Waals surface area (Å²) in [7, 11) is 1.81. The summed E-state index contributed by atoms with van der Waals surface area (Å²) in [6.07, 6.45) is 2.35. The number of halogens is 1. The number of rotatable bonds is 8. The van der Waals surface area contributed by atoms with Gasteiger partial charge in [0.25, 0.3) is 0 Å². The Morgan fingerprint density at radius 3 is 2.73 bits per heavy atom. The van der Waals surface area contributed by atoms with Gasteiger partial charge in [-0.3, -0.25) is 4.79 Å². The summed E-state index contributed by atoms with van der Waals surface area (Å²) >= 11 is 0. The quantitative estimate of drug-likeness (QED) is 0.776. The Kier molecular flexibility index (Phi) is 5.77. The van der Waals surface area contributed by atoms with Crippen LogP contribution >= 0.6 is 0 Å². The topological polar surface area (TPSA) is 50.4 Å². The Morgan fingerprint density at radius 2 is 2.14 bits per heavy atom. The molecule has 2 N–H and O–H groups in total. The lowest BCUT2D eigenvalue weighted by Crippen LogP contribution is -2.35. The molecule has 1 amide bonds. The Balaban J connectivity index is 1.92. The van der Waals surface area contributed by atoms with Gasteiger partial charge >= 0.3 is 0 Å². The SMILES string of the molecule is CNCC(C)C(=O)NC(C)c1ccc(OCC2CC2)c(F)c1. The molecular weight excluding hydrogens is 283 g/mol. The first kappa shape index (κ1) is 16.7. The zero-order chi connectivity index (χ0) is 16.1. The molecule has 0 saturated heterocycles. The van der Waals surface area contributed by atoms with Crippen molar-refractivity contribution < 1.29 is 13.9 Å². The fourth-order valence-corrected chi connectivity index (χ4v) is 2.23. The predicted molar refractivity (Wildman–Crippen MR) is 84.3 cm³/mol. The van der Waals surface area contributed by atoms with E-state index in [2.05, 4.69) is 10.6 Å². The minimum absolute atomic E-state index is 0.0451. The van der Waals surface area contributed by atoms with E-state index in [0.717, 1.165) is 5.56 Å². The fraction of sp³-hybridized carbons (Fsp3) is 0.588. The molecule has 2 atom stereocenters. The van der Waals surface area contributed by atoms with E-state index in [1.807, 2.05) is 20.9 Å². The third-order valence-electron chi connectivity index (χ3n) is 3.94. The van der Waals surface area contributed by atoms with Gasteiger partial charge in [-0.15, -0.1) is 0 Å². The summed E-state index contributed by atoms with van der Waals surface area (Å²) in [6, 6.07) is 4.65. The molecule has 2 unspecified atom stereocenters. The highest BCUT2D eigenvalue weighted by molar-refractivity contribution is 5.78. The molecule has 1 aromatic rings. The number of hydrogen-bond acceptors (Lipinski definition) is 3. The maximum absolute atomic E-state index is 14.1. The second-order valence-electron chi connectivity index (χ2n) is 6.13. The summed E-state index contributed by atoms with van der Waals surface area (Å²) in [5.74, 6) is 0.334. The number of nitrogens with one attached hydrogen (secondary N) is 2. The van der Waals surface area contributed by atoms with E-state index >= 15 is 0 Å². The van der Waals surface area contributed by atoms with E-state index < -0.39 is 0 Å². The molecule has 22 heavy (non-hydrogen) atoms. The van der Waals surface area contributed by atoms with Gasteiger partial charge in [-0.1, -0.05) is 13.0 Å². The average Bonchev–Trinajstić information content (AvgIpc) is 3.30. The van der Waals surface area contributed by atoms with Crippen molar-refractivity contribution in [1.29, 1.82) is 0 Å². The number of carbonyl (C=O) groups is 1. The number of benzene rings is 1. The van der Waals surface area contributed by atoms with E-state index in [1.165, 1.54) is 18.9 Å². The normalized spacial score (nSPS) is 16.9. The van der Waals surface area contributed by atoms with Crippen LogP contribution in [0.5, 0.6) is 5.75 Å². The Hall–Kier alpha value is -1.62. The van der Waals surface area contributed by atoms with Crippen molar-refractivity contribution in [3.63, 3.8) is 0 Å². The number of ether oxygens (including phenoxy) is 1. The Morgan fingerprint density at radius 1 is 1.41 bits per heavy atom. The highest BCUT2D eigenvalue weighted by Gasteiger charge is 2.23. The third-order valence-corrected chi connectivity index (χ3v) is 3.94. The van der Waals surface area contributed by atoms with Crippen molar-refractivity contribution in [1.82, 2.24) is 10.6 Å². The standard InChI is InChI=1S/C17H25FN2O2/c1-11(9-19-3)17(21)20-12(2)14-6-7-16(15(18)8-14)22-10-13-4-5-13/h6-8,11-13,19H,4-5,9-10H2,1-3H3,(H,20,21). The number of hydrogen-bond donors (Lipinski definition) is 2. The summed E-state index contributed by atoms with van der Waals surface area (Å²) in [6.45, 7) is 4.91. The first-order valence-electron chi connectivity index (χ1n) is 7.88. The summed E-state index contributed by atoms with van der Waals surface area (Å²) in [4.78, 5) is 12.0. The molecule has 4 nitrogen and oxygen atoms in total. The lowest BCUT2D eigenvalue weighted by atomic mass is 10.1. The largest absolute Gasteiger partial charge is 0.490 e. The van der Waals surface area contributed by atoms with Gasteiger partial charge in [0.05, 0.1) is 12.6 Å². The Labute approximate surface area is 131 Å². The first-order chi connectivity index (χ1) is 10.5. The highest BCUT2D eigenvalue weighted by atomic mass is 19.1. The van der Waals surface area contributed by atoms with Crippen molar-refractivity contribution in [2.75, 3.05) is 20.2 Å². The number of carbonyl (C=O) groups excluding carboxylic acids is 1. The second kappa shape index (κ2) is 7.58. The van der Waals surface area contributed by atoms with E-state index in [-0.39, 0.29) is 29.4 Å². The molecular formula is C17H25FN2O2. The second-order valence-corrected chi connectivity index (χ2v) is 6.13.